The highest BCUT2D eigenvalue weighted by Gasteiger charge is 2.50. The van der Waals surface area contributed by atoms with Crippen LogP contribution in [0.3, 0.4) is 0 Å². The topological polar surface area (TPSA) is 57.6 Å². The van der Waals surface area contributed by atoms with E-state index >= 15 is 0 Å². The molecule has 1 N–H and O–H groups in total. The van der Waals surface area contributed by atoms with Gasteiger partial charge in [0.15, 0.2) is 11.6 Å². The first kappa shape index (κ1) is 16.5. The number of carbonyl (C=O) groups is 2. The van der Waals surface area contributed by atoms with Gasteiger partial charge in [-0.1, -0.05) is 19.9 Å². The minimum Gasteiger partial charge on any atom is -0.387 e. The van der Waals surface area contributed by atoms with Gasteiger partial charge in [-0.25, -0.2) is 8.78 Å². The maximum atomic E-state index is 13.2. The van der Waals surface area contributed by atoms with E-state index in [4.69, 9.17) is 0 Å². The molecule has 1 aliphatic heterocycles. The number of β-amino-alcohol motifs (C(OH)–C–C–N with tert-alkyl or cyclic N) is 1. The lowest BCUT2D eigenvalue weighted by Crippen LogP contribution is -2.39. The SMILES string of the molecule is CC(C)[C@@]1(C)CC(=O)N(C[C@H](O)c2ccc(F)c(F)c2)C1=O. The number of aliphatic hydroxyl groups is 1. The zero-order valence-electron chi connectivity index (χ0n) is 12.8. The Kier molecular flexibility index (Phi) is 4.33. The van der Waals surface area contributed by atoms with Crippen LogP contribution in [0.15, 0.2) is 18.2 Å². The van der Waals surface area contributed by atoms with E-state index in [-0.39, 0.29) is 36.3 Å². The summed E-state index contributed by atoms with van der Waals surface area (Å²) in [5, 5.41) is 10.1. The third-order valence-corrected chi connectivity index (χ3v) is 4.51. The number of amides is 2. The van der Waals surface area contributed by atoms with Gasteiger partial charge in [-0.3, -0.25) is 14.5 Å². The third-order valence-electron chi connectivity index (χ3n) is 4.51. The Morgan fingerprint density at radius 2 is 1.91 bits per heavy atom. The van der Waals surface area contributed by atoms with Crippen LogP contribution in [0.2, 0.25) is 0 Å². The molecule has 2 amide bonds. The van der Waals surface area contributed by atoms with Crippen molar-refractivity contribution in [3.8, 4) is 0 Å². The Hall–Kier alpha value is -1.82. The quantitative estimate of drug-likeness (QED) is 0.869. The Balaban J connectivity index is 2.18. The number of benzene rings is 1. The lowest BCUT2D eigenvalue weighted by molar-refractivity contribution is -0.143. The number of aliphatic hydroxyl groups excluding tert-OH is 1. The molecular weight excluding hydrogens is 292 g/mol. The molecule has 0 saturated carbocycles. The van der Waals surface area contributed by atoms with Crippen molar-refractivity contribution in [1.29, 1.82) is 0 Å². The van der Waals surface area contributed by atoms with Gasteiger partial charge >= 0.3 is 0 Å². The summed E-state index contributed by atoms with van der Waals surface area (Å²) in [6.45, 7) is 5.19. The molecule has 4 nitrogen and oxygen atoms in total. The molecule has 6 heteroatoms. The van der Waals surface area contributed by atoms with Crippen LogP contribution in [0, 0.1) is 23.0 Å². The third kappa shape index (κ3) is 2.75. The van der Waals surface area contributed by atoms with Crippen LogP contribution in [0.4, 0.5) is 8.78 Å². The summed E-state index contributed by atoms with van der Waals surface area (Å²) in [6, 6.07) is 3.00. The summed E-state index contributed by atoms with van der Waals surface area (Å²) in [5.74, 6) is -2.81. The van der Waals surface area contributed by atoms with Gasteiger partial charge in [0, 0.05) is 6.42 Å². The molecule has 0 bridgehead atoms. The highest BCUT2D eigenvalue weighted by molar-refractivity contribution is 6.05. The number of likely N-dealkylation sites (tertiary alicyclic amines) is 1. The average molecular weight is 311 g/mol. The normalized spacial score (nSPS) is 23.5. The van der Waals surface area contributed by atoms with Crippen molar-refractivity contribution in [3.05, 3.63) is 35.4 Å². The van der Waals surface area contributed by atoms with E-state index in [0.29, 0.717) is 0 Å². The molecule has 0 radical (unpaired) electrons. The first-order valence-corrected chi connectivity index (χ1v) is 7.14. The number of imide groups is 1. The molecule has 1 aromatic rings. The fourth-order valence-corrected chi connectivity index (χ4v) is 2.54. The molecule has 2 atom stereocenters. The van der Waals surface area contributed by atoms with Crippen LogP contribution >= 0.6 is 0 Å². The Bertz CT molecular complexity index is 617. The number of rotatable bonds is 4. The average Bonchev–Trinajstić information content (AvgIpc) is 2.66. The molecule has 1 heterocycles. The van der Waals surface area contributed by atoms with E-state index in [9.17, 15) is 23.5 Å². The van der Waals surface area contributed by atoms with Crippen LogP contribution in [0.25, 0.3) is 0 Å². The Morgan fingerprint density at radius 1 is 1.27 bits per heavy atom. The van der Waals surface area contributed by atoms with E-state index in [2.05, 4.69) is 0 Å². The van der Waals surface area contributed by atoms with Crippen LogP contribution in [0.5, 0.6) is 0 Å². The number of nitrogens with zero attached hydrogens (tertiary/aromatic N) is 1. The largest absolute Gasteiger partial charge is 0.387 e. The Labute approximate surface area is 127 Å². The molecule has 1 saturated heterocycles. The van der Waals surface area contributed by atoms with Gasteiger partial charge in [0.2, 0.25) is 11.8 Å². The lowest BCUT2D eigenvalue weighted by atomic mass is 9.78. The van der Waals surface area contributed by atoms with Crippen molar-refractivity contribution in [2.24, 2.45) is 11.3 Å². The molecule has 1 fully saturated rings. The molecule has 0 unspecified atom stereocenters. The molecule has 1 aliphatic rings. The summed E-state index contributed by atoms with van der Waals surface area (Å²) >= 11 is 0. The predicted molar refractivity (Wildman–Crippen MR) is 75.6 cm³/mol. The van der Waals surface area contributed by atoms with Gasteiger partial charge < -0.3 is 5.11 Å². The van der Waals surface area contributed by atoms with E-state index in [1.807, 2.05) is 13.8 Å². The fourth-order valence-electron chi connectivity index (χ4n) is 2.54. The van der Waals surface area contributed by atoms with Crippen LogP contribution in [-0.4, -0.2) is 28.4 Å². The molecule has 0 aromatic heterocycles. The smallest absolute Gasteiger partial charge is 0.235 e. The first-order chi connectivity index (χ1) is 10.2. The van der Waals surface area contributed by atoms with Gasteiger partial charge in [-0.05, 0) is 30.5 Å². The molecule has 1 aromatic carbocycles. The molecule has 0 spiro atoms. The standard InChI is InChI=1S/C16H19F2NO3/c1-9(2)16(3)7-14(21)19(15(16)22)8-13(20)10-4-5-11(17)12(18)6-10/h4-6,9,13,20H,7-8H2,1-3H3/t13-,16+/m0/s1. The van der Waals surface area contributed by atoms with Crippen molar-refractivity contribution >= 4 is 11.8 Å². The zero-order chi connectivity index (χ0) is 16.7. The second-order valence-corrected chi connectivity index (χ2v) is 6.25. The predicted octanol–water partition coefficient (Wildman–Crippen LogP) is 2.42. The molecule has 22 heavy (non-hydrogen) atoms. The molecule has 120 valence electrons. The monoisotopic (exact) mass is 311 g/mol. The summed E-state index contributed by atoms with van der Waals surface area (Å²) < 4.78 is 26.1. The van der Waals surface area contributed by atoms with Gasteiger partial charge in [0.05, 0.1) is 18.1 Å². The van der Waals surface area contributed by atoms with E-state index < -0.39 is 23.2 Å². The van der Waals surface area contributed by atoms with Gasteiger partial charge in [-0.15, -0.1) is 0 Å². The number of carbonyl (C=O) groups excluding carboxylic acids is 2. The summed E-state index contributed by atoms with van der Waals surface area (Å²) in [4.78, 5) is 25.5. The zero-order valence-corrected chi connectivity index (χ0v) is 12.8. The minimum atomic E-state index is -1.25. The first-order valence-electron chi connectivity index (χ1n) is 7.14. The van der Waals surface area contributed by atoms with Crippen LogP contribution < -0.4 is 0 Å². The summed E-state index contributed by atoms with van der Waals surface area (Å²) in [6.07, 6.45) is -1.16. The van der Waals surface area contributed by atoms with Gasteiger partial charge in [0.25, 0.3) is 0 Å². The fraction of sp³-hybridized carbons (Fsp3) is 0.500. The lowest BCUT2D eigenvalue weighted by Gasteiger charge is -2.26. The van der Waals surface area contributed by atoms with Gasteiger partial charge in [-0.2, -0.15) is 0 Å². The van der Waals surface area contributed by atoms with E-state index in [0.717, 1.165) is 17.0 Å². The molecule has 0 aliphatic carbocycles. The van der Waals surface area contributed by atoms with Crippen LogP contribution in [-0.2, 0) is 9.59 Å². The van der Waals surface area contributed by atoms with E-state index in [1.54, 1.807) is 6.92 Å². The van der Waals surface area contributed by atoms with Gasteiger partial charge in [0.1, 0.15) is 0 Å². The second kappa shape index (κ2) is 5.76. The van der Waals surface area contributed by atoms with Crippen molar-refractivity contribution in [2.45, 2.75) is 33.3 Å². The van der Waals surface area contributed by atoms with Crippen molar-refractivity contribution in [1.82, 2.24) is 4.90 Å². The summed E-state index contributed by atoms with van der Waals surface area (Å²) in [7, 11) is 0. The Morgan fingerprint density at radius 3 is 2.41 bits per heavy atom. The maximum absolute atomic E-state index is 13.2. The second-order valence-electron chi connectivity index (χ2n) is 6.25. The van der Waals surface area contributed by atoms with Crippen molar-refractivity contribution in [3.63, 3.8) is 0 Å². The highest BCUT2D eigenvalue weighted by atomic mass is 19.2. The van der Waals surface area contributed by atoms with Crippen LogP contribution in [0.1, 0.15) is 38.9 Å². The highest BCUT2D eigenvalue weighted by Crippen LogP contribution is 2.39. The number of hydrogen-bond acceptors (Lipinski definition) is 3. The van der Waals surface area contributed by atoms with Crippen molar-refractivity contribution < 1.29 is 23.5 Å². The maximum Gasteiger partial charge on any atom is 0.235 e. The number of halogens is 2. The van der Waals surface area contributed by atoms with E-state index in [1.165, 1.54) is 6.07 Å². The van der Waals surface area contributed by atoms with Crippen molar-refractivity contribution in [2.75, 3.05) is 6.54 Å². The minimum absolute atomic E-state index is 0.0191. The number of hydrogen-bond donors (Lipinski definition) is 1. The molecular formula is C16H19F2NO3. The summed E-state index contributed by atoms with van der Waals surface area (Å²) in [5.41, 5.74) is -0.664. The molecule has 2 rings (SSSR count).